The lowest BCUT2D eigenvalue weighted by atomic mass is 10.0. The molecule has 2 N–H and O–H groups in total. The van der Waals surface area contributed by atoms with Crippen LogP contribution in [0.15, 0.2) is 60.7 Å². The third-order valence-electron chi connectivity index (χ3n) is 5.32. The number of rotatable bonds is 11. The van der Waals surface area contributed by atoms with Gasteiger partial charge in [0, 0.05) is 25.4 Å². The Hall–Kier alpha value is -3.35. The summed E-state index contributed by atoms with van der Waals surface area (Å²) in [6.45, 7) is 0.728. The first kappa shape index (κ1) is 23.3. The first-order chi connectivity index (χ1) is 15.6. The summed E-state index contributed by atoms with van der Waals surface area (Å²) in [7, 11) is 0. The van der Waals surface area contributed by atoms with Gasteiger partial charge >= 0.3 is 12.1 Å². The summed E-state index contributed by atoms with van der Waals surface area (Å²) in [5.41, 5.74) is 2.07. The number of alkyl carbamates (subject to hydrolysis) is 1. The summed E-state index contributed by atoms with van der Waals surface area (Å²) in [6, 6.07) is 19.5. The molecule has 0 unspecified atom stereocenters. The van der Waals surface area contributed by atoms with Crippen molar-refractivity contribution in [1.29, 1.82) is 0 Å². The average Bonchev–Trinajstić information content (AvgIpc) is 3.25. The van der Waals surface area contributed by atoms with E-state index in [-0.39, 0.29) is 24.5 Å². The van der Waals surface area contributed by atoms with E-state index in [4.69, 9.17) is 9.47 Å². The molecular weight excluding hydrogens is 408 g/mol. The van der Waals surface area contributed by atoms with E-state index in [1.165, 1.54) is 0 Å². The summed E-state index contributed by atoms with van der Waals surface area (Å²) in [6.07, 6.45) is 2.68. The van der Waals surface area contributed by atoms with Gasteiger partial charge in [-0.25, -0.2) is 4.79 Å². The maximum Gasteiger partial charge on any atom is 0.407 e. The van der Waals surface area contributed by atoms with Crippen LogP contribution >= 0.6 is 0 Å². The SMILES string of the molecule is O=C1CC[C@H](C(=O)NCCCC[C@@H](Cc2ccccc2)NC(=O)OCc2ccccc2)O1. The molecule has 1 aliphatic rings. The van der Waals surface area contributed by atoms with Crippen LogP contribution in [0.3, 0.4) is 0 Å². The number of ether oxygens (including phenoxy) is 2. The third kappa shape index (κ3) is 8.06. The molecule has 1 heterocycles. The van der Waals surface area contributed by atoms with Crippen molar-refractivity contribution in [2.24, 2.45) is 0 Å². The smallest absolute Gasteiger partial charge is 0.407 e. The first-order valence-electron chi connectivity index (χ1n) is 11.1. The van der Waals surface area contributed by atoms with Gasteiger partial charge in [0.15, 0.2) is 6.10 Å². The number of hydrogen-bond donors (Lipinski definition) is 2. The quantitative estimate of drug-likeness (QED) is 0.414. The molecule has 1 saturated heterocycles. The number of hydrogen-bond acceptors (Lipinski definition) is 5. The van der Waals surface area contributed by atoms with Crippen LogP contribution in [0.1, 0.15) is 43.2 Å². The zero-order chi connectivity index (χ0) is 22.6. The van der Waals surface area contributed by atoms with Gasteiger partial charge in [0.1, 0.15) is 6.61 Å². The number of carbonyl (C=O) groups is 3. The molecule has 0 radical (unpaired) electrons. The van der Waals surface area contributed by atoms with Gasteiger partial charge in [-0.05, 0) is 36.8 Å². The Labute approximate surface area is 188 Å². The van der Waals surface area contributed by atoms with E-state index in [1.54, 1.807) is 0 Å². The predicted molar refractivity (Wildman–Crippen MR) is 120 cm³/mol. The fourth-order valence-corrected chi connectivity index (χ4v) is 3.61. The fourth-order valence-electron chi connectivity index (χ4n) is 3.61. The van der Waals surface area contributed by atoms with Crippen molar-refractivity contribution >= 4 is 18.0 Å². The highest BCUT2D eigenvalue weighted by atomic mass is 16.6. The Morgan fingerprint density at radius 1 is 1.00 bits per heavy atom. The van der Waals surface area contributed by atoms with Crippen molar-refractivity contribution in [1.82, 2.24) is 10.6 Å². The Morgan fingerprint density at radius 2 is 1.69 bits per heavy atom. The van der Waals surface area contributed by atoms with Gasteiger partial charge in [-0.3, -0.25) is 9.59 Å². The number of nitrogens with one attached hydrogen (secondary N) is 2. The Balaban J connectivity index is 1.42. The van der Waals surface area contributed by atoms with Gasteiger partial charge < -0.3 is 20.1 Å². The van der Waals surface area contributed by atoms with Crippen molar-refractivity contribution in [3.8, 4) is 0 Å². The standard InChI is InChI=1S/C25H30N2O5/c28-23-15-14-22(32-23)24(29)26-16-8-7-13-21(17-19-9-3-1-4-10-19)27-25(30)31-18-20-11-5-2-6-12-20/h1-6,9-12,21-22H,7-8,13-18H2,(H,26,29)(H,27,30)/t21-,22+/m0/s1. The molecule has 0 bridgehead atoms. The molecule has 0 saturated carbocycles. The predicted octanol–water partition coefficient (Wildman–Crippen LogP) is 3.52. The molecule has 7 nitrogen and oxygen atoms in total. The lowest BCUT2D eigenvalue weighted by molar-refractivity contribution is -0.148. The largest absolute Gasteiger partial charge is 0.452 e. The molecule has 2 atom stereocenters. The van der Waals surface area contributed by atoms with Gasteiger partial charge in [0.05, 0.1) is 0 Å². The molecule has 0 aliphatic carbocycles. The second-order valence-corrected chi connectivity index (χ2v) is 7.90. The van der Waals surface area contributed by atoms with Crippen molar-refractivity contribution in [2.45, 2.75) is 57.3 Å². The molecule has 1 aliphatic heterocycles. The monoisotopic (exact) mass is 438 g/mol. The highest BCUT2D eigenvalue weighted by molar-refractivity contribution is 5.86. The van der Waals surface area contributed by atoms with Crippen molar-refractivity contribution < 1.29 is 23.9 Å². The van der Waals surface area contributed by atoms with Gasteiger partial charge in [0.2, 0.25) is 0 Å². The normalized spacial score (nSPS) is 16.1. The second-order valence-electron chi connectivity index (χ2n) is 7.90. The second kappa shape index (κ2) is 12.5. The minimum absolute atomic E-state index is 0.0767. The van der Waals surface area contributed by atoms with Gasteiger partial charge in [-0.2, -0.15) is 0 Å². The summed E-state index contributed by atoms with van der Waals surface area (Å²) >= 11 is 0. The third-order valence-corrected chi connectivity index (χ3v) is 5.32. The van der Waals surface area contributed by atoms with Crippen LogP contribution in [0.25, 0.3) is 0 Å². The van der Waals surface area contributed by atoms with Gasteiger partial charge in [0.25, 0.3) is 5.91 Å². The zero-order valence-corrected chi connectivity index (χ0v) is 18.1. The van der Waals surface area contributed by atoms with Crippen molar-refractivity contribution in [3.05, 3.63) is 71.8 Å². The minimum Gasteiger partial charge on any atom is -0.452 e. The topological polar surface area (TPSA) is 93.7 Å². The number of unbranched alkanes of at least 4 members (excludes halogenated alkanes) is 1. The molecule has 0 spiro atoms. The van der Waals surface area contributed by atoms with E-state index >= 15 is 0 Å². The van der Waals surface area contributed by atoms with Crippen LogP contribution in [-0.2, 0) is 32.1 Å². The lowest BCUT2D eigenvalue weighted by Gasteiger charge is -2.19. The maximum absolute atomic E-state index is 12.3. The summed E-state index contributed by atoms with van der Waals surface area (Å²) in [5, 5.41) is 5.80. The number of amides is 2. The maximum atomic E-state index is 12.3. The van der Waals surface area contributed by atoms with E-state index in [1.807, 2.05) is 60.7 Å². The van der Waals surface area contributed by atoms with Crippen molar-refractivity contribution in [2.75, 3.05) is 6.54 Å². The highest BCUT2D eigenvalue weighted by Gasteiger charge is 2.29. The summed E-state index contributed by atoms with van der Waals surface area (Å²) in [4.78, 5) is 35.5. The van der Waals surface area contributed by atoms with E-state index in [2.05, 4.69) is 10.6 Å². The first-order valence-corrected chi connectivity index (χ1v) is 11.1. The lowest BCUT2D eigenvalue weighted by Crippen LogP contribution is -2.37. The molecule has 32 heavy (non-hydrogen) atoms. The molecule has 170 valence electrons. The Kier molecular flexibility index (Phi) is 9.10. The van der Waals surface area contributed by atoms with E-state index in [9.17, 15) is 14.4 Å². The van der Waals surface area contributed by atoms with Crippen LogP contribution in [0.5, 0.6) is 0 Å². The number of carbonyl (C=O) groups excluding carboxylic acids is 3. The van der Waals surface area contributed by atoms with Crippen LogP contribution in [0, 0.1) is 0 Å². The molecule has 2 amide bonds. The van der Waals surface area contributed by atoms with Crippen LogP contribution in [0.2, 0.25) is 0 Å². The van der Waals surface area contributed by atoms with Gasteiger partial charge in [-0.1, -0.05) is 60.7 Å². The molecule has 2 aromatic carbocycles. The molecule has 3 rings (SSSR count). The van der Waals surface area contributed by atoms with Gasteiger partial charge in [-0.15, -0.1) is 0 Å². The fraction of sp³-hybridized carbons (Fsp3) is 0.400. The van der Waals surface area contributed by atoms with Crippen LogP contribution in [-0.4, -0.2) is 36.7 Å². The van der Waals surface area contributed by atoms with E-state index in [0.717, 1.165) is 30.4 Å². The minimum atomic E-state index is -0.658. The number of esters is 1. The number of cyclic esters (lactones) is 1. The van der Waals surface area contributed by atoms with Crippen LogP contribution in [0.4, 0.5) is 4.79 Å². The summed E-state index contributed by atoms with van der Waals surface area (Å²) in [5.74, 6) is -0.557. The zero-order valence-electron chi connectivity index (χ0n) is 18.1. The van der Waals surface area contributed by atoms with E-state index < -0.39 is 12.2 Å². The average molecular weight is 439 g/mol. The molecule has 1 fully saturated rings. The molecule has 0 aromatic heterocycles. The van der Waals surface area contributed by atoms with Crippen LogP contribution < -0.4 is 10.6 Å². The van der Waals surface area contributed by atoms with Crippen molar-refractivity contribution in [3.63, 3.8) is 0 Å². The molecular formula is C25H30N2O5. The molecule has 7 heteroatoms. The Morgan fingerprint density at radius 3 is 2.34 bits per heavy atom. The molecule has 2 aromatic rings. The summed E-state index contributed by atoms with van der Waals surface area (Å²) < 4.78 is 10.3. The van der Waals surface area contributed by atoms with E-state index in [0.29, 0.717) is 25.8 Å². The number of benzene rings is 2. The highest BCUT2D eigenvalue weighted by Crippen LogP contribution is 2.14. The Bertz CT molecular complexity index is 872.